The Kier molecular flexibility index (Phi) is 9.13. The molecule has 0 saturated carbocycles. The van der Waals surface area contributed by atoms with Crippen LogP contribution < -0.4 is 16.2 Å². The van der Waals surface area contributed by atoms with Crippen LogP contribution in [0.5, 0.6) is 5.75 Å². The maximum Gasteiger partial charge on any atom is 0.201 e. The van der Waals surface area contributed by atoms with Gasteiger partial charge >= 0.3 is 0 Å². The Morgan fingerprint density at radius 1 is 0.848 bits per heavy atom. The number of halogens is 2. The van der Waals surface area contributed by atoms with Crippen LogP contribution >= 0.6 is 11.3 Å². The molecule has 2 N–H and O–H groups in total. The Morgan fingerprint density at radius 3 is 2.15 bits per heavy atom. The lowest BCUT2D eigenvalue weighted by Crippen LogP contribution is -2.22. The Hall–Kier alpha value is -5.00. The van der Waals surface area contributed by atoms with Gasteiger partial charge in [-0.05, 0) is 60.1 Å². The molecular formula is C36H29F2N3O4S. The molecule has 6 aromatic rings. The van der Waals surface area contributed by atoms with Crippen LogP contribution in [0.15, 0.2) is 114 Å². The quantitative estimate of drug-likeness (QED) is 0.0927. The smallest absolute Gasteiger partial charge is 0.201 e. The number of hydrogen-bond acceptors (Lipinski definition) is 7. The number of benzene rings is 4. The Balaban J connectivity index is 1.58. The molecular weight excluding hydrogens is 608 g/mol. The number of carbonyl (C=O) groups excluding carboxylic acids is 1. The number of ketones is 1. The highest BCUT2D eigenvalue weighted by Crippen LogP contribution is 2.39. The SMILES string of the molecule is CN(Cc1ccccc1)Cc1c(-c2ccc(OON)cc2)sc2c1c(=O)c(C(=O)c1ccccc1)cn2Cc1c(F)cccc1F. The lowest BCUT2D eigenvalue weighted by atomic mass is 10.0. The standard InChI is InChI=1S/C36H29F2N3O4S/c1-40(19-23-9-4-2-5-10-23)20-28-32-34(43)29(33(42)24-11-6-3-7-12-24)22-41(21-27-30(37)13-8-14-31(27)38)36(32)46-35(28)25-15-17-26(18-16-25)44-45-39/h2-18,22H,19-21,39H2,1H3. The number of aromatic nitrogens is 1. The van der Waals surface area contributed by atoms with Gasteiger partial charge in [-0.3, -0.25) is 14.5 Å². The van der Waals surface area contributed by atoms with E-state index < -0.39 is 22.8 Å². The van der Waals surface area contributed by atoms with Gasteiger partial charge in [-0.2, -0.15) is 5.90 Å². The fourth-order valence-electron chi connectivity index (χ4n) is 5.50. The van der Waals surface area contributed by atoms with Crippen LogP contribution in [0.3, 0.4) is 0 Å². The third-order valence-electron chi connectivity index (χ3n) is 7.66. The van der Waals surface area contributed by atoms with E-state index in [2.05, 4.69) is 9.89 Å². The molecule has 2 aromatic heterocycles. The summed E-state index contributed by atoms with van der Waals surface area (Å²) < 4.78 is 31.5. The molecule has 0 aliphatic rings. The van der Waals surface area contributed by atoms with E-state index in [4.69, 9.17) is 10.8 Å². The molecule has 0 aliphatic carbocycles. The van der Waals surface area contributed by atoms with Gasteiger partial charge in [0.15, 0.2) is 11.5 Å². The van der Waals surface area contributed by atoms with Crippen LogP contribution in [0.4, 0.5) is 8.78 Å². The molecule has 0 aliphatic heterocycles. The average Bonchev–Trinajstić information content (AvgIpc) is 3.44. The summed E-state index contributed by atoms with van der Waals surface area (Å²) in [5, 5.41) is 0.323. The van der Waals surface area contributed by atoms with Crippen LogP contribution in [-0.4, -0.2) is 22.3 Å². The number of pyridine rings is 1. The molecule has 232 valence electrons. The van der Waals surface area contributed by atoms with Crippen molar-refractivity contribution in [1.29, 1.82) is 0 Å². The molecule has 0 unspecified atom stereocenters. The normalized spacial score (nSPS) is 11.3. The molecule has 0 radical (unpaired) electrons. The Labute approximate surface area is 267 Å². The van der Waals surface area contributed by atoms with Crippen molar-refractivity contribution < 1.29 is 23.5 Å². The van der Waals surface area contributed by atoms with Crippen LogP contribution in [0.2, 0.25) is 0 Å². The molecule has 4 aromatic carbocycles. The Bertz CT molecular complexity index is 2040. The van der Waals surface area contributed by atoms with Crippen molar-refractivity contribution in [2.45, 2.75) is 19.6 Å². The largest absolute Gasteiger partial charge is 0.334 e. The molecule has 0 spiro atoms. The zero-order chi connectivity index (χ0) is 32.2. The molecule has 46 heavy (non-hydrogen) atoms. The van der Waals surface area contributed by atoms with E-state index in [1.807, 2.05) is 37.4 Å². The highest BCUT2D eigenvalue weighted by molar-refractivity contribution is 7.22. The number of thiophene rings is 1. The summed E-state index contributed by atoms with van der Waals surface area (Å²) in [7, 11) is 1.95. The van der Waals surface area contributed by atoms with Gasteiger partial charge in [0, 0.05) is 35.3 Å². The second-order valence-electron chi connectivity index (χ2n) is 10.8. The second kappa shape index (κ2) is 13.6. The first-order valence-electron chi connectivity index (χ1n) is 14.4. The lowest BCUT2D eigenvalue weighted by Gasteiger charge is -2.18. The van der Waals surface area contributed by atoms with Gasteiger partial charge in [0.2, 0.25) is 5.43 Å². The first-order chi connectivity index (χ1) is 22.3. The van der Waals surface area contributed by atoms with Gasteiger partial charge in [-0.1, -0.05) is 71.7 Å². The predicted octanol–water partition coefficient (Wildman–Crippen LogP) is 7.10. The van der Waals surface area contributed by atoms with Crippen molar-refractivity contribution >= 4 is 27.3 Å². The van der Waals surface area contributed by atoms with E-state index in [0.29, 0.717) is 40.2 Å². The first kappa shape index (κ1) is 31.0. The molecule has 0 bridgehead atoms. The minimum atomic E-state index is -0.722. The average molecular weight is 638 g/mol. The van der Waals surface area contributed by atoms with E-state index >= 15 is 0 Å². The summed E-state index contributed by atoms with van der Waals surface area (Å²) in [6, 6.07) is 29.0. The summed E-state index contributed by atoms with van der Waals surface area (Å²) in [6.07, 6.45) is 1.42. The maximum absolute atomic E-state index is 15.0. The van der Waals surface area contributed by atoms with Crippen LogP contribution in [-0.2, 0) is 24.6 Å². The molecule has 0 saturated heterocycles. The number of rotatable bonds is 11. The number of fused-ring (bicyclic) bond motifs is 1. The molecule has 6 rings (SSSR count). The van der Waals surface area contributed by atoms with Crippen molar-refractivity contribution in [3.8, 4) is 16.2 Å². The van der Waals surface area contributed by atoms with Gasteiger partial charge in [0.1, 0.15) is 16.5 Å². The predicted molar refractivity (Wildman–Crippen MR) is 174 cm³/mol. The van der Waals surface area contributed by atoms with Crippen molar-refractivity contribution in [3.05, 3.63) is 159 Å². The molecule has 10 heteroatoms. The number of carbonyl (C=O) groups is 1. The van der Waals surface area contributed by atoms with Gasteiger partial charge < -0.3 is 9.45 Å². The van der Waals surface area contributed by atoms with Crippen molar-refractivity contribution in [1.82, 2.24) is 9.47 Å². The van der Waals surface area contributed by atoms with Gasteiger partial charge in [0.05, 0.1) is 17.5 Å². The fraction of sp³-hybridized carbons (Fsp3) is 0.111. The molecule has 2 heterocycles. The maximum atomic E-state index is 15.0. The van der Waals surface area contributed by atoms with E-state index in [1.54, 1.807) is 59.2 Å². The number of hydrogen-bond donors (Lipinski definition) is 1. The summed E-state index contributed by atoms with van der Waals surface area (Å²) in [4.78, 5) is 40.7. The van der Waals surface area contributed by atoms with E-state index in [-0.39, 0.29) is 17.7 Å². The highest BCUT2D eigenvalue weighted by Gasteiger charge is 2.25. The molecule has 0 atom stereocenters. The third kappa shape index (κ3) is 6.37. The van der Waals surface area contributed by atoms with Gasteiger partial charge in [-0.25, -0.2) is 8.78 Å². The first-order valence-corrected chi connectivity index (χ1v) is 15.2. The van der Waals surface area contributed by atoms with E-state index in [9.17, 15) is 18.4 Å². The van der Waals surface area contributed by atoms with Crippen molar-refractivity contribution in [2.75, 3.05) is 7.05 Å². The van der Waals surface area contributed by atoms with Crippen LogP contribution in [0, 0.1) is 11.6 Å². The summed E-state index contributed by atoms with van der Waals surface area (Å²) in [5.41, 5.74) is 2.17. The monoisotopic (exact) mass is 637 g/mol. The highest BCUT2D eigenvalue weighted by atomic mass is 32.1. The van der Waals surface area contributed by atoms with Crippen LogP contribution in [0.25, 0.3) is 20.7 Å². The zero-order valence-corrected chi connectivity index (χ0v) is 25.6. The summed E-state index contributed by atoms with van der Waals surface area (Å²) >= 11 is 1.32. The molecule has 0 fully saturated rings. The molecule has 7 nitrogen and oxygen atoms in total. The number of nitrogens with zero attached hydrogens (tertiary/aromatic N) is 2. The minimum absolute atomic E-state index is 0.0874. The molecule has 0 amide bonds. The van der Waals surface area contributed by atoms with Gasteiger partial charge in [-0.15, -0.1) is 11.3 Å². The zero-order valence-electron chi connectivity index (χ0n) is 24.8. The summed E-state index contributed by atoms with van der Waals surface area (Å²) in [5.74, 6) is 3.51. The van der Waals surface area contributed by atoms with Crippen LogP contribution in [0.1, 0.15) is 32.6 Å². The number of nitrogens with two attached hydrogens (primary N) is 1. The minimum Gasteiger partial charge on any atom is -0.334 e. The van der Waals surface area contributed by atoms with E-state index in [1.165, 1.54) is 35.7 Å². The third-order valence-corrected chi connectivity index (χ3v) is 8.98. The van der Waals surface area contributed by atoms with Crippen molar-refractivity contribution in [2.24, 2.45) is 5.90 Å². The fourth-order valence-corrected chi connectivity index (χ4v) is 6.79. The topological polar surface area (TPSA) is 86.8 Å². The Morgan fingerprint density at radius 2 is 1.50 bits per heavy atom. The van der Waals surface area contributed by atoms with E-state index in [0.717, 1.165) is 16.0 Å². The van der Waals surface area contributed by atoms with Gasteiger partial charge in [0.25, 0.3) is 0 Å². The second-order valence-corrected chi connectivity index (χ2v) is 11.8. The lowest BCUT2D eigenvalue weighted by molar-refractivity contribution is -0.211. The summed E-state index contributed by atoms with van der Waals surface area (Å²) in [6.45, 7) is 0.709. The van der Waals surface area contributed by atoms with Crippen molar-refractivity contribution in [3.63, 3.8) is 0 Å².